The summed E-state index contributed by atoms with van der Waals surface area (Å²) < 4.78 is 6.39. The highest BCUT2D eigenvalue weighted by molar-refractivity contribution is 9.10. The molecule has 23 heavy (non-hydrogen) atoms. The van der Waals surface area contributed by atoms with E-state index in [0.29, 0.717) is 23.5 Å². The van der Waals surface area contributed by atoms with E-state index in [4.69, 9.17) is 4.74 Å². The van der Waals surface area contributed by atoms with Gasteiger partial charge in [0.1, 0.15) is 5.75 Å². The van der Waals surface area contributed by atoms with Gasteiger partial charge in [-0.1, -0.05) is 28.9 Å². The van der Waals surface area contributed by atoms with Crippen LogP contribution in [0.1, 0.15) is 13.3 Å². The third-order valence-corrected chi connectivity index (χ3v) is 3.47. The molecule has 0 aliphatic heterocycles. The van der Waals surface area contributed by atoms with Crippen LogP contribution in [0.15, 0.2) is 53.0 Å². The monoisotopic (exact) mass is 376 g/mol. The Morgan fingerprint density at radius 1 is 1.00 bits per heavy atom. The quantitative estimate of drug-likeness (QED) is 0.805. The van der Waals surface area contributed by atoms with Crippen LogP contribution < -0.4 is 15.4 Å². The molecule has 2 aromatic rings. The fraction of sp³-hybridized carbons (Fsp3) is 0.176. The van der Waals surface area contributed by atoms with Crippen molar-refractivity contribution in [2.45, 2.75) is 13.3 Å². The number of hydrogen-bond donors (Lipinski definition) is 2. The van der Waals surface area contributed by atoms with Gasteiger partial charge in [0, 0.05) is 28.3 Å². The van der Waals surface area contributed by atoms with Crippen molar-refractivity contribution in [2.24, 2.45) is 0 Å². The molecule has 120 valence electrons. The van der Waals surface area contributed by atoms with Gasteiger partial charge < -0.3 is 15.4 Å². The number of hydrogen-bond acceptors (Lipinski definition) is 3. The molecule has 0 fully saturated rings. The lowest BCUT2D eigenvalue weighted by Crippen LogP contribution is -2.20. The second-order valence-corrected chi connectivity index (χ2v) is 5.69. The second-order valence-electron chi connectivity index (χ2n) is 4.77. The van der Waals surface area contributed by atoms with Gasteiger partial charge in [0.2, 0.25) is 5.91 Å². The van der Waals surface area contributed by atoms with Crippen LogP contribution >= 0.6 is 15.9 Å². The van der Waals surface area contributed by atoms with E-state index in [1.807, 2.05) is 12.1 Å². The summed E-state index contributed by atoms with van der Waals surface area (Å²) in [7, 11) is 0. The molecule has 0 spiro atoms. The summed E-state index contributed by atoms with van der Waals surface area (Å²) in [5.41, 5.74) is 1.34. The molecule has 2 aromatic carbocycles. The second kappa shape index (κ2) is 8.33. The first-order valence-electron chi connectivity index (χ1n) is 7.15. The third kappa shape index (κ3) is 5.75. The molecule has 0 unspecified atom stereocenters. The fourth-order valence-electron chi connectivity index (χ4n) is 1.79. The zero-order valence-corrected chi connectivity index (χ0v) is 14.2. The van der Waals surface area contributed by atoms with Gasteiger partial charge in [-0.2, -0.15) is 0 Å². The molecule has 0 bridgehead atoms. The van der Waals surface area contributed by atoms with Gasteiger partial charge in [0.05, 0.1) is 0 Å². The van der Waals surface area contributed by atoms with Crippen molar-refractivity contribution in [2.75, 3.05) is 17.2 Å². The maximum absolute atomic E-state index is 11.9. The van der Waals surface area contributed by atoms with Crippen molar-refractivity contribution in [3.05, 3.63) is 53.0 Å². The summed E-state index contributed by atoms with van der Waals surface area (Å²) in [5, 5.41) is 5.48. The van der Waals surface area contributed by atoms with Crippen LogP contribution in [-0.2, 0) is 9.59 Å². The Kier molecular flexibility index (Phi) is 6.17. The van der Waals surface area contributed by atoms with Crippen LogP contribution in [0.3, 0.4) is 0 Å². The van der Waals surface area contributed by atoms with Crippen molar-refractivity contribution in [3.8, 4) is 5.75 Å². The number of benzene rings is 2. The number of carbonyl (C=O) groups excluding carboxylic acids is 2. The molecule has 2 rings (SSSR count). The molecule has 0 aliphatic carbocycles. The lowest BCUT2D eigenvalue weighted by atomic mass is 10.3. The SMILES string of the molecule is CCC(=O)Nc1cccc(OCC(=O)Nc2ccc(Br)cc2)c1. The zero-order chi connectivity index (χ0) is 16.7. The highest BCUT2D eigenvalue weighted by atomic mass is 79.9. The van der Waals surface area contributed by atoms with Crippen LogP contribution in [0.4, 0.5) is 11.4 Å². The largest absolute Gasteiger partial charge is 0.484 e. The number of ether oxygens (including phenoxy) is 1. The van der Waals surface area contributed by atoms with E-state index in [2.05, 4.69) is 26.6 Å². The number of nitrogens with one attached hydrogen (secondary N) is 2. The van der Waals surface area contributed by atoms with Crippen molar-refractivity contribution >= 4 is 39.1 Å². The van der Waals surface area contributed by atoms with Gasteiger partial charge in [-0.15, -0.1) is 0 Å². The zero-order valence-electron chi connectivity index (χ0n) is 12.6. The predicted molar refractivity (Wildman–Crippen MR) is 93.6 cm³/mol. The van der Waals surface area contributed by atoms with Gasteiger partial charge in [-0.25, -0.2) is 0 Å². The first kappa shape index (κ1) is 17.0. The van der Waals surface area contributed by atoms with Crippen LogP contribution in [0, 0.1) is 0 Å². The van der Waals surface area contributed by atoms with E-state index >= 15 is 0 Å². The minimum atomic E-state index is -0.254. The lowest BCUT2D eigenvalue weighted by Gasteiger charge is -2.09. The number of rotatable bonds is 6. The van der Waals surface area contributed by atoms with Gasteiger partial charge in [-0.05, 0) is 36.4 Å². The molecular formula is C17H17BrN2O3. The van der Waals surface area contributed by atoms with E-state index in [-0.39, 0.29) is 18.4 Å². The summed E-state index contributed by atoms with van der Waals surface area (Å²) in [6.45, 7) is 1.67. The van der Waals surface area contributed by atoms with Crippen LogP contribution in [0.25, 0.3) is 0 Å². The average molecular weight is 377 g/mol. The van der Waals surface area contributed by atoms with E-state index in [1.54, 1.807) is 43.3 Å². The van der Waals surface area contributed by atoms with Crippen molar-refractivity contribution in [1.82, 2.24) is 0 Å². The standard InChI is InChI=1S/C17H17BrN2O3/c1-2-16(21)20-14-4-3-5-15(10-14)23-11-17(22)19-13-8-6-12(18)7-9-13/h3-10H,2,11H2,1H3,(H,19,22)(H,20,21). The molecule has 0 heterocycles. The van der Waals surface area contributed by atoms with Crippen LogP contribution in [-0.4, -0.2) is 18.4 Å². The fourth-order valence-corrected chi connectivity index (χ4v) is 2.06. The molecule has 2 amide bonds. The molecule has 0 radical (unpaired) electrons. The number of anilines is 2. The molecule has 0 saturated heterocycles. The summed E-state index contributed by atoms with van der Waals surface area (Å²) in [5.74, 6) is 0.190. The summed E-state index contributed by atoms with van der Waals surface area (Å²) in [6.07, 6.45) is 0.403. The Balaban J connectivity index is 1.87. The Morgan fingerprint density at radius 3 is 2.39 bits per heavy atom. The minimum absolute atomic E-state index is 0.0740. The molecule has 2 N–H and O–H groups in total. The van der Waals surface area contributed by atoms with Gasteiger partial charge in [0.25, 0.3) is 5.91 Å². The molecule has 0 aliphatic rings. The average Bonchev–Trinajstić information content (AvgIpc) is 2.55. The first-order valence-corrected chi connectivity index (χ1v) is 7.94. The topological polar surface area (TPSA) is 67.4 Å². The van der Waals surface area contributed by atoms with Crippen LogP contribution in [0.2, 0.25) is 0 Å². The maximum atomic E-state index is 11.9. The number of halogens is 1. The Bertz CT molecular complexity index is 686. The molecule has 0 atom stereocenters. The summed E-state index contributed by atoms with van der Waals surface area (Å²) in [4.78, 5) is 23.2. The van der Waals surface area contributed by atoms with E-state index in [9.17, 15) is 9.59 Å². The molecule has 6 heteroatoms. The van der Waals surface area contributed by atoms with Gasteiger partial charge >= 0.3 is 0 Å². The highest BCUT2D eigenvalue weighted by Crippen LogP contribution is 2.18. The number of carbonyl (C=O) groups is 2. The normalized spacial score (nSPS) is 10.0. The first-order chi connectivity index (χ1) is 11.1. The molecular weight excluding hydrogens is 360 g/mol. The van der Waals surface area contributed by atoms with Crippen molar-refractivity contribution in [3.63, 3.8) is 0 Å². The van der Waals surface area contributed by atoms with Gasteiger partial charge in [0.15, 0.2) is 6.61 Å². The van der Waals surface area contributed by atoms with E-state index in [1.165, 1.54) is 0 Å². The van der Waals surface area contributed by atoms with E-state index in [0.717, 1.165) is 4.47 Å². The summed E-state index contributed by atoms with van der Waals surface area (Å²) >= 11 is 3.33. The lowest BCUT2D eigenvalue weighted by molar-refractivity contribution is -0.118. The Labute approximate surface area is 143 Å². The number of amides is 2. The third-order valence-electron chi connectivity index (χ3n) is 2.94. The smallest absolute Gasteiger partial charge is 0.262 e. The Morgan fingerprint density at radius 2 is 1.70 bits per heavy atom. The minimum Gasteiger partial charge on any atom is -0.484 e. The maximum Gasteiger partial charge on any atom is 0.262 e. The Hall–Kier alpha value is -2.34. The van der Waals surface area contributed by atoms with Crippen molar-refractivity contribution < 1.29 is 14.3 Å². The van der Waals surface area contributed by atoms with Crippen molar-refractivity contribution in [1.29, 1.82) is 0 Å². The van der Waals surface area contributed by atoms with E-state index < -0.39 is 0 Å². The predicted octanol–water partition coefficient (Wildman–Crippen LogP) is 3.82. The molecule has 5 nitrogen and oxygen atoms in total. The summed E-state index contributed by atoms with van der Waals surface area (Å²) in [6, 6.07) is 14.2. The highest BCUT2D eigenvalue weighted by Gasteiger charge is 2.05. The van der Waals surface area contributed by atoms with Crippen LogP contribution in [0.5, 0.6) is 5.75 Å². The van der Waals surface area contributed by atoms with Gasteiger partial charge in [-0.3, -0.25) is 9.59 Å². The molecule has 0 aromatic heterocycles. The molecule has 0 saturated carbocycles.